The molecule has 280 valence electrons. The van der Waals surface area contributed by atoms with Crippen molar-refractivity contribution in [1.29, 1.82) is 0 Å². The highest BCUT2D eigenvalue weighted by molar-refractivity contribution is 8.14. The molecule has 0 aliphatic carbocycles. The Morgan fingerprint density at radius 2 is 0.918 bits per heavy atom. The number of ether oxygens (including phenoxy) is 8. The highest BCUT2D eigenvalue weighted by Gasteiger charge is 2.51. The average Bonchev–Trinajstić information content (AvgIpc) is 3.88. The zero-order chi connectivity index (χ0) is 35.4. The molecule has 18 nitrogen and oxygen atoms in total. The van der Waals surface area contributed by atoms with E-state index in [2.05, 4.69) is 11.8 Å². The first kappa shape index (κ1) is 39.0. The number of fused-ring (bicyclic) bond motifs is 4. The van der Waals surface area contributed by atoms with Crippen molar-refractivity contribution >= 4 is 33.8 Å². The average molecular weight is 744 g/mol. The molecule has 8 aliphatic heterocycles. The molecule has 8 fully saturated rings. The molecule has 0 aromatic rings. The molecule has 0 aromatic carbocycles. The van der Waals surface area contributed by atoms with E-state index in [1.54, 1.807) is 0 Å². The molecule has 4 N–H and O–H groups in total. The molecular weight excluding hydrogens is 698 g/mol. The van der Waals surface area contributed by atoms with E-state index in [1.807, 2.05) is 0 Å². The molecule has 0 saturated carbocycles. The van der Waals surface area contributed by atoms with Gasteiger partial charge in [0.15, 0.2) is 16.3 Å². The second-order valence-electron chi connectivity index (χ2n) is 12.8. The maximum Gasteiger partial charge on any atom is 0.294 e. The number of carbonyl (C=O) groups is 2. The van der Waals surface area contributed by atoms with E-state index in [1.165, 1.54) is 25.6 Å². The smallest absolute Gasteiger partial charge is 0.294 e. The summed E-state index contributed by atoms with van der Waals surface area (Å²) in [6.07, 6.45) is -4.27. The molecule has 4 unspecified atom stereocenters. The summed E-state index contributed by atoms with van der Waals surface area (Å²) in [6.45, 7) is 8.14. The minimum Gasteiger partial charge on any atom is -0.388 e. The monoisotopic (exact) mass is 743 g/mol. The zero-order valence-electron chi connectivity index (χ0n) is 27.3. The van der Waals surface area contributed by atoms with E-state index in [0.29, 0.717) is 32.3 Å². The lowest BCUT2D eigenvalue weighted by atomic mass is 10.0. The third kappa shape index (κ3) is 9.60. The first-order valence-corrected chi connectivity index (χ1v) is 17.9. The fourth-order valence-corrected chi connectivity index (χ4v) is 8.71. The number of rotatable bonds is 4. The number of hydrogen-bond donors (Lipinski definition) is 4. The minimum atomic E-state index is -0.842. The van der Waals surface area contributed by atoms with E-state index >= 15 is 0 Å². The molecule has 16 atom stereocenters. The summed E-state index contributed by atoms with van der Waals surface area (Å²) in [5, 5.41) is 46.4. The number of hydrogen-bond acceptors (Lipinski definition) is 19. The molecule has 8 saturated heterocycles. The number of nitrogens with zero attached hydrogens (tertiary/aromatic N) is 1. The molecule has 0 spiro atoms. The second-order valence-corrected chi connectivity index (χ2v) is 15.6. The van der Waals surface area contributed by atoms with Gasteiger partial charge in [0.25, 0.3) is 5.09 Å². The summed E-state index contributed by atoms with van der Waals surface area (Å²) in [7, 11) is 0. The Bertz CT molecular complexity index is 1050. The topological polar surface area (TPSA) is 241 Å². The summed E-state index contributed by atoms with van der Waals surface area (Å²) in [5.74, 6) is 0.446. The molecule has 8 rings (SSSR count). The van der Waals surface area contributed by atoms with Crippen LogP contribution < -0.4 is 0 Å². The van der Waals surface area contributed by atoms with Gasteiger partial charge < -0.3 is 63.2 Å². The summed E-state index contributed by atoms with van der Waals surface area (Å²) in [6, 6.07) is 0. The molecule has 49 heavy (non-hydrogen) atoms. The van der Waals surface area contributed by atoms with Crippen LogP contribution in [0.1, 0.15) is 20.8 Å². The van der Waals surface area contributed by atoms with Gasteiger partial charge in [-0.05, 0) is 0 Å². The zero-order valence-corrected chi connectivity index (χ0v) is 28.9. The Kier molecular flexibility index (Phi) is 13.9. The standard InChI is InChI=1S/C8H11NO6S.C8H12O4S.C7H12O3.C6H10O4/c1-4(10)16-6-3-14-7-5(15-9(11)12)2-13-8(6)7;1-4(9)13-6-3-12-7-5(10)2-11-8(6)7;1-4-2-9-7-5(8)3-10-6(4)7;7-3-1-9-6-4(8)2-10-5(3)6/h5-8H,2-3H2,1H3;5-8,10H,2-3H2,1H3;4-8H,2-3H2,1H3;3-8H,1-2H2/t;5-,6+,7-,8-;4-,5-,6-,7-;3-,4-,5-,6-/m.111/s1. The molecule has 0 bridgehead atoms. The van der Waals surface area contributed by atoms with Crippen LogP contribution in [0.25, 0.3) is 0 Å². The third-order valence-corrected chi connectivity index (χ3v) is 11.2. The molecule has 0 amide bonds. The maximum atomic E-state index is 11.0. The Morgan fingerprint density at radius 1 is 0.571 bits per heavy atom. The van der Waals surface area contributed by atoms with Crippen LogP contribution in [0.15, 0.2) is 0 Å². The van der Waals surface area contributed by atoms with Crippen LogP contribution in [-0.2, 0) is 52.3 Å². The van der Waals surface area contributed by atoms with Crippen LogP contribution in [0.5, 0.6) is 0 Å². The third-order valence-electron chi connectivity index (χ3n) is 9.08. The van der Waals surface area contributed by atoms with Gasteiger partial charge in [-0.15, -0.1) is 10.1 Å². The van der Waals surface area contributed by atoms with Crippen molar-refractivity contribution in [2.24, 2.45) is 5.92 Å². The van der Waals surface area contributed by atoms with Gasteiger partial charge in [-0.25, -0.2) is 0 Å². The first-order chi connectivity index (χ1) is 23.3. The predicted octanol–water partition coefficient (Wildman–Crippen LogP) is -1.91. The molecule has 20 heteroatoms. The number of thioether (sulfide) groups is 2. The molecule has 8 heterocycles. The predicted molar refractivity (Wildman–Crippen MR) is 167 cm³/mol. The largest absolute Gasteiger partial charge is 0.388 e. The number of carbonyl (C=O) groups excluding carboxylic acids is 2. The van der Waals surface area contributed by atoms with Gasteiger partial charge in [-0.3, -0.25) is 9.59 Å². The molecule has 0 aromatic heterocycles. The summed E-state index contributed by atoms with van der Waals surface area (Å²) >= 11 is 2.39. The van der Waals surface area contributed by atoms with Crippen molar-refractivity contribution in [1.82, 2.24) is 0 Å². The Balaban J connectivity index is 0.000000130. The van der Waals surface area contributed by atoms with Gasteiger partial charge in [0.1, 0.15) is 67.1 Å². The minimum absolute atomic E-state index is 0.0171. The van der Waals surface area contributed by atoms with Gasteiger partial charge in [-0.2, -0.15) is 0 Å². The van der Waals surface area contributed by atoms with E-state index in [4.69, 9.17) is 48.1 Å². The van der Waals surface area contributed by atoms with Crippen LogP contribution in [0.2, 0.25) is 0 Å². The lowest BCUT2D eigenvalue weighted by Gasteiger charge is -2.14. The van der Waals surface area contributed by atoms with E-state index in [0.717, 1.165) is 18.4 Å². The van der Waals surface area contributed by atoms with Crippen LogP contribution in [0.3, 0.4) is 0 Å². The Labute approximate surface area is 290 Å². The highest BCUT2D eigenvalue weighted by Crippen LogP contribution is 2.36. The number of aliphatic hydroxyl groups is 4. The van der Waals surface area contributed by atoms with Crippen LogP contribution in [-0.4, -0.2) is 178 Å². The van der Waals surface area contributed by atoms with Gasteiger partial charge >= 0.3 is 0 Å². The van der Waals surface area contributed by atoms with E-state index < -0.39 is 41.7 Å². The SMILES string of the molecule is CC(=O)SC1COC2C(O[N+](=O)[O-])COC12.CC(=O)S[C@H]1CO[C@H]2[C@@H]1OC[C@H]2O.C[C@@H]1CO[C@H]2[C@@H]1OC[C@H]2O.O[C@@H]1CO[C@H]2[C@@H]1OC[C@H]2O. The second kappa shape index (κ2) is 17.5. The van der Waals surface area contributed by atoms with Crippen molar-refractivity contribution in [3.8, 4) is 0 Å². The molecular formula is C29H45NO17S2. The Morgan fingerprint density at radius 3 is 1.39 bits per heavy atom. The Hall–Kier alpha value is -1.24. The van der Waals surface area contributed by atoms with Crippen LogP contribution >= 0.6 is 23.5 Å². The maximum absolute atomic E-state index is 11.0. The quantitative estimate of drug-likeness (QED) is 0.181. The van der Waals surface area contributed by atoms with Crippen LogP contribution in [0, 0.1) is 16.0 Å². The highest BCUT2D eigenvalue weighted by atomic mass is 32.2. The van der Waals surface area contributed by atoms with Gasteiger partial charge in [-0.1, -0.05) is 30.4 Å². The van der Waals surface area contributed by atoms with E-state index in [-0.39, 0.29) is 83.3 Å². The van der Waals surface area contributed by atoms with Crippen molar-refractivity contribution < 1.29 is 77.8 Å². The van der Waals surface area contributed by atoms with Crippen LogP contribution in [0.4, 0.5) is 0 Å². The first-order valence-electron chi connectivity index (χ1n) is 16.1. The summed E-state index contributed by atoms with van der Waals surface area (Å²) in [4.78, 5) is 36.5. The lowest BCUT2D eigenvalue weighted by Crippen LogP contribution is -2.33. The van der Waals surface area contributed by atoms with Crippen molar-refractivity contribution in [2.45, 2.75) is 111 Å². The lowest BCUT2D eigenvalue weighted by molar-refractivity contribution is -0.769. The van der Waals surface area contributed by atoms with Crippen molar-refractivity contribution in [3.05, 3.63) is 10.1 Å². The normalized spacial score (nSPS) is 45.4. The van der Waals surface area contributed by atoms with E-state index in [9.17, 15) is 29.9 Å². The fraction of sp³-hybridized carbons (Fsp3) is 0.931. The molecule has 0 radical (unpaired) electrons. The fourth-order valence-electron chi connectivity index (χ4n) is 6.83. The van der Waals surface area contributed by atoms with Gasteiger partial charge in [0.05, 0.1) is 69.5 Å². The van der Waals surface area contributed by atoms with Crippen molar-refractivity contribution in [3.63, 3.8) is 0 Å². The summed E-state index contributed by atoms with van der Waals surface area (Å²) in [5.41, 5.74) is 0. The number of aliphatic hydroxyl groups excluding tert-OH is 4. The van der Waals surface area contributed by atoms with Crippen molar-refractivity contribution in [2.75, 3.05) is 52.9 Å². The molecule has 8 aliphatic rings. The van der Waals surface area contributed by atoms with Gasteiger partial charge in [0.2, 0.25) is 0 Å². The van der Waals surface area contributed by atoms with Gasteiger partial charge in [0, 0.05) is 19.8 Å². The summed E-state index contributed by atoms with van der Waals surface area (Å²) < 4.78 is 42.3.